The molecule has 0 unspecified atom stereocenters. The summed E-state index contributed by atoms with van der Waals surface area (Å²) in [6.07, 6.45) is 0. The molecule has 4 nitrogen and oxygen atoms in total. The Labute approximate surface area is 111 Å². The van der Waals surface area contributed by atoms with Crippen molar-refractivity contribution in [2.45, 2.75) is 6.92 Å². The second kappa shape index (κ2) is 6.23. The first-order chi connectivity index (χ1) is 7.72. The number of thiophene rings is 1. The van der Waals surface area contributed by atoms with Gasteiger partial charge < -0.3 is 15.0 Å². The maximum Gasteiger partial charge on any atom is 0.267 e. The van der Waals surface area contributed by atoms with Crippen LogP contribution in [0.2, 0.25) is 0 Å². The standard InChI is InChI=1S/C11H16N2O2S.ClH/c1-8-7-9(15-2)10(16-8)11(14)13-5-3-12-4-6-13;/h7,12H,3-6H2,1-2H3;1H. The number of hydrogen-bond acceptors (Lipinski definition) is 4. The highest BCUT2D eigenvalue weighted by molar-refractivity contribution is 7.14. The van der Waals surface area contributed by atoms with E-state index in [2.05, 4.69) is 5.32 Å². The molecule has 96 valence electrons. The van der Waals surface area contributed by atoms with Crippen LogP contribution in [0.1, 0.15) is 14.5 Å². The molecule has 1 aromatic heterocycles. The number of piperazine rings is 1. The van der Waals surface area contributed by atoms with E-state index in [1.165, 1.54) is 11.3 Å². The van der Waals surface area contributed by atoms with Crippen molar-refractivity contribution in [3.63, 3.8) is 0 Å². The summed E-state index contributed by atoms with van der Waals surface area (Å²) in [5.74, 6) is 0.794. The van der Waals surface area contributed by atoms with Gasteiger partial charge in [-0.1, -0.05) is 0 Å². The molecule has 2 rings (SSSR count). The van der Waals surface area contributed by atoms with Crippen molar-refractivity contribution in [3.8, 4) is 5.75 Å². The highest BCUT2D eigenvalue weighted by Crippen LogP contribution is 2.29. The topological polar surface area (TPSA) is 41.6 Å². The monoisotopic (exact) mass is 276 g/mol. The molecule has 1 aliphatic heterocycles. The predicted molar refractivity (Wildman–Crippen MR) is 71.6 cm³/mol. The van der Waals surface area contributed by atoms with Crippen LogP contribution in [0.25, 0.3) is 0 Å². The van der Waals surface area contributed by atoms with E-state index in [1.54, 1.807) is 7.11 Å². The van der Waals surface area contributed by atoms with Crippen molar-refractivity contribution in [1.29, 1.82) is 0 Å². The minimum Gasteiger partial charge on any atom is -0.495 e. The minimum atomic E-state index is 0. The van der Waals surface area contributed by atoms with Gasteiger partial charge in [-0.2, -0.15) is 0 Å². The molecule has 17 heavy (non-hydrogen) atoms. The fourth-order valence-electron chi connectivity index (χ4n) is 1.80. The molecule has 1 saturated heterocycles. The van der Waals surface area contributed by atoms with Crippen LogP contribution in [0, 0.1) is 6.92 Å². The summed E-state index contributed by atoms with van der Waals surface area (Å²) in [6.45, 7) is 5.29. The van der Waals surface area contributed by atoms with Crippen molar-refractivity contribution in [2.75, 3.05) is 33.3 Å². The molecule has 1 fully saturated rings. The molecule has 1 aliphatic rings. The maximum atomic E-state index is 12.2. The lowest BCUT2D eigenvalue weighted by atomic mass is 10.3. The molecule has 0 saturated carbocycles. The van der Waals surface area contributed by atoms with E-state index in [9.17, 15) is 4.79 Å². The summed E-state index contributed by atoms with van der Waals surface area (Å²) in [6, 6.07) is 1.92. The van der Waals surface area contributed by atoms with Crippen LogP contribution in [0.5, 0.6) is 5.75 Å². The van der Waals surface area contributed by atoms with Crippen LogP contribution in [-0.2, 0) is 0 Å². The summed E-state index contributed by atoms with van der Waals surface area (Å²) < 4.78 is 5.23. The molecule has 1 N–H and O–H groups in total. The van der Waals surface area contributed by atoms with Gasteiger partial charge in [-0.15, -0.1) is 23.7 Å². The lowest BCUT2D eigenvalue weighted by molar-refractivity contribution is 0.0737. The van der Waals surface area contributed by atoms with Crippen LogP contribution >= 0.6 is 23.7 Å². The fourth-order valence-corrected chi connectivity index (χ4v) is 2.75. The number of carbonyl (C=O) groups excluding carboxylic acids is 1. The second-order valence-electron chi connectivity index (χ2n) is 3.80. The number of halogens is 1. The Morgan fingerprint density at radius 1 is 1.47 bits per heavy atom. The highest BCUT2D eigenvalue weighted by atomic mass is 35.5. The van der Waals surface area contributed by atoms with E-state index < -0.39 is 0 Å². The number of aryl methyl sites for hydroxylation is 1. The number of ether oxygens (including phenoxy) is 1. The van der Waals surface area contributed by atoms with Crippen molar-refractivity contribution >= 4 is 29.7 Å². The number of carbonyl (C=O) groups is 1. The van der Waals surface area contributed by atoms with Gasteiger partial charge in [0.1, 0.15) is 10.6 Å². The average Bonchev–Trinajstić information content (AvgIpc) is 2.70. The minimum absolute atomic E-state index is 0. The third-order valence-corrected chi connectivity index (χ3v) is 3.66. The van der Waals surface area contributed by atoms with Crippen LogP contribution < -0.4 is 10.1 Å². The molecule has 1 aromatic rings. The van der Waals surface area contributed by atoms with E-state index in [1.807, 2.05) is 17.9 Å². The zero-order chi connectivity index (χ0) is 11.5. The lowest BCUT2D eigenvalue weighted by Crippen LogP contribution is -2.46. The van der Waals surface area contributed by atoms with E-state index >= 15 is 0 Å². The Morgan fingerprint density at radius 3 is 2.71 bits per heavy atom. The van der Waals surface area contributed by atoms with Crippen LogP contribution in [0.4, 0.5) is 0 Å². The van der Waals surface area contributed by atoms with Crippen molar-refractivity contribution in [3.05, 3.63) is 15.8 Å². The van der Waals surface area contributed by atoms with Crippen molar-refractivity contribution in [2.24, 2.45) is 0 Å². The largest absolute Gasteiger partial charge is 0.495 e. The number of methoxy groups -OCH3 is 1. The number of nitrogens with one attached hydrogen (secondary N) is 1. The molecule has 0 radical (unpaired) electrons. The van der Waals surface area contributed by atoms with Gasteiger partial charge in [0.2, 0.25) is 0 Å². The molecule has 0 atom stereocenters. The Bertz CT molecular complexity index is 389. The normalized spacial score (nSPS) is 15.3. The fraction of sp³-hybridized carbons (Fsp3) is 0.545. The Balaban J connectivity index is 0.00000144. The summed E-state index contributed by atoms with van der Waals surface area (Å²) in [5, 5.41) is 3.23. The van der Waals surface area contributed by atoms with Crippen LogP contribution in [0.15, 0.2) is 6.07 Å². The van der Waals surface area contributed by atoms with Crippen molar-refractivity contribution in [1.82, 2.24) is 10.2 Å². The summed E-state index contributed by atoms with van der Waals surface area (Å²) in [4.78, 5) is 15.9. The lowest BCUT2D eigenvalue weighted by Gasteiger charge is -2.27. The van der Waals surface area contributed by atoms with E-state index in [-0.39, 0.29) is 18.3 Å². The molecule has 2 heterocycles. The smallest absolute Gasteiger partial charge is 0.267 e. The quantitative estimate of drug-likeness (QED) is 0.891. The van der Waals surface area contributed by atoms with Crippen LogP contribution in [0.3, 0.4) is 0 Å². The molecule has 0 bridgehead atoms. The zero-order valence-electron chi connectivity index (χ0n) is 9.99. The number of rotatable bonds is 2. The van der Waals surface area contributed by atoms with Gasteiger partial charge in [-0.25, -0.2) is 0 Å². The SMILES string of the molecule is COc1cc(C)sc1C(=O)N1CCNCC1.Cl. The second-order valence-corrected chi connectivity index (χ2v) is 5.05. The van der Waals surface area contributed by atoms with Gasteiger partial charge in [0.15, 0.2) is 0 Å². The number of amides is 1. The van der Waals surface area contributed by atoms with Gasteiger partial charge in [0.25, 0.3) is 5.91 Å². The van der Waals surface area contributed by atoms with Gasteiger partial charge in [-0.05, 0) is 13.0 Å². The van der Waals surface area contributed by atoms with Gasteiger partial charge in [0.05, 0.1) is 7.11 Å². The zero-order valence-corrected chi connectivity index (χ0v) is 11.6. The van der Waals surface area contributed by atoms with Gasteiger partial charge >= 0.3 is 0 Å². The first-order valence-corrected chi connectivity index (χ1v) is 6.18. The van der Waals surface area contributed by atoms with E-state index in [4.69, 9.17) is 4.74 Å². The highest BCUT2D eigenvalue weighted by Gasteiger charge is 2.23. The number of hydrogen-bond donors (Lipinski definition) is 1. The molecule has 6 heteroatoms. The summed E-state index contributed by atoms with van der Waals surface area (Å²) >= 11 is 1.50. The van der Waals surface area contributed by atoms with Gasteiger partial charge in [-0.3, -0.25) is 4.79 Å². The molecular formula is C11H17ClN2O2S. The molecule has 0 aromatic carbocycles. The van der Waals surface area contributed by atoms with Crippen LogP contribution in [-0.4, -0.2) is 44.1 Å². The number of nitrogens with zero attached hydrogens (tertiary/aromatic N) is 1. The molecular weight excluding hydrogens is 260 g/mol. The predicted octanol–water partition coefficient (Wildman–Crippen LogP) is 1.53. The van der Waals surface area contributed by atoms with E-state index in [0.717, 1.165) is 35.9 Å². The Hall–Kier alpha value is -0.780. The van der Waals surface area contributed by atoms with Crippen molar-refractivity contribution < 1.29 is 9.53 Å². The van der Waals surface area contributed by atoms with Gasteiger partial charge in [0, 0.05) is 31.1 Å². The third kappa shape index (κ3) is 3.12. The molecule has 1 amide bonds. The van der Waals surface area contributed by atoms with E-state index in [0.29, 0.717) is 5.75 Å². The third-order valence-electron chi connectivity index (χ3n) is 2.64. The average molecular weight is 277 g/mol. The summed E-state index contributed by atoms with van der Waals surface area (Å²) in [7, 11) is 1.61. The first-order valence-electron chi connectivity index (χ1n) is 5.37. The Morgan fingerprint density at radius 2 is 2.12 bits per heavy atom. The molecule has 0 spiro atoms. The maximum absolute atomic E-state index is 12.2. The Kier molecular flexibility index (Phi) is 5.24. The first kappa shape index (κ1) is 14.3. The summed E-state index contributed by atoms with van der Waals surface area (Å²) in [5.41, 5.74) is 0. The molecule has 0 aliphatic carbocycles.